The van der Waals surface area contributed by atoms with Crippen LogP contribution in [0, 0.1) is 12.8 Å². The van der Waals surface area contributed by atoms with Gasteiger partial charge in [-0.2, -0.15) is 5.10 Å². The number of amides is 1. The predicted molar refractivity (Wildman–Crippen MR) is 84.0 cm³/mol. The average molecular weight is 281 g/mol. The molecular weight excluding hydrogens is 262 g/mol. The van der Waals surface area contributed by atoms with Crippen molar-refractivity contribution in [1.82, 2.24) is 9.78 Å². The zero-order chi connectivity index (χ0) is 15.0. The molecule has 21 heavy (non-hydrogen) atoms. The first-order chi connectivity index (χ1) is 10.1. The van der Waals surface area contributed by atoms with Crippen molar-refractivity contribution < 1.29 is 4.79 Å². The van der Waals surface area contributed by atoms with Crippen molar-refractivity contribution >= 4 is 11.7 Å². The van der Waals surface area contributed by atoms with Crippen LogP contribution >= 0.6 is 0 Å². The Hall–Kier alpha value is -2.36. The molecule has 1 aromatic heterocycles. The molecule has 1 atom stereocenters. The summed E-state index contributed by atoms with van der Waals surface area (Å²) in [6.07, 6.45) is 2.39. The number of hydrogen-bond acceptors (Lipinski definition) is 2. The summed E-state index contributed by atoms with van der Waals surface area (Å²) in [6, 6.07) is 10.1. The standard InChI is InChI=1S/C17H19N3O/c1-4-13-10-15(21)20(11-13)17-16(12(2)18-19(17)3)14-8-6-5-7-9-14/h4-9,13H,1,10-11H2,2-3H3. The number of aromatic nitrogens is 2. The van der Waals surface area contributed by atoms with Crippen LogP contribution in [0.3, 0.4) is 0 Å². The average Bonchev–Trinajstić information content (AvgIpc) is 2.99. The summed E-state index contributed by atoms with van der Waals surface area (Å²) < 4.78 is 1.81. The Kier molecular flexibility index (Phi) is 3.37. The van der Waals surface area contributed by atoms with Crippen LogP contribution in [0.15, 0.2) is 43.0 Å². The van der Waals surface area contributed by atoms with Gasteiger partial charge in [0.15, 0.2) is 0 Å². The summed E-state index contributed by atoms with van der Waals surface area (Å²) in [6.45, 7) is 6.48. The van der Waals surface area contributed by atoms with Crippen molar-refractivity contribution in [3.8, 4) is 11.1 Å². The molecule has 2 aromatic rings. The molecule has 108 valence electrons. The zero-order valence-electron chi connectivity index (χ0n) is 12.4. The monoisotopic (exact) mass is 281 g/mol. The normalized spacial score (nSPS) is 18.3. The van der Waals surface area contributed by atoms with E-state index in [1.165, 1.54) is 0 Å². The van der Waals surface area contributed by atoms with Crippen LogP contribution in [0.25, 0.3) is 11.1 Å². The van der Waals surface area contributed by atoms with Crippen LogP contribution in [0.5, 0.6) is 0 Å². The van der Waals surface area contributed by atoms with Gasteiger partial charge >= 0.3 is 0 Å². The minimum atomic E-state index is 0.139. The summed E-state index contributed by atoms with van der Waals surface area (Å²) in [4.78, 5) is 14.2. The quantitative estimate of drug-likeness (QED) is 0.811. The fourth-order valence-corrected chi connectivity index (χ4v) is 3.00. The Bertz CT molecular complexity index is 688. The first-order valence-corrected chi connectivity index (χ1v) is 7.13. The molecule has 0 spiro atoms. The molecule has 0 bridgehead atoms. The van der Waals surface area contributed by atoms with Gasteiger partial charge in [-0.1, -0.05) is 36.4 Å². The molecule has 4 heteroatoms. The number of nitrogens with zero attached hydrogens (tertiary/aromatic N) is 3. The molecule has 1 aliphatic heterocycles. The maximum Gasteiger partial charge on any atom is 0.228 e. The number of benzene rings is 1. The third-order valence-electron chi connectivity index (χ3n) is 4.00. The van der Waals surface area contributed by atoms with Crippen molar-refractivity contribution in [1.29, 1.82) is 0 Å². The number of anilines is 1. The highest BCUT2D eigenvalue weighted by atomic mass is 16.2. The third-order valence-corrected chi connectivity index (χ3v) is 4.00. The van der Waals surface area contributed by atoms with Crippen molar-refractivity contribution in [2.75, 3.05) is 11.4 Å². The molecule has 1 saturated heterocycles. The summed E-state index contributed by atoms with van der Waals surface area (Å²) >= 11 is 0. The van der Waals surface area contributed by atoms with E-state index in [0.717, 1.165) is 22.6 Å². The second-order valence-corrected chi connectivity index (χ2v) is 5.48. The van der Waals surface area contributed by atoms with Gasteiger partial charge in [0.2, 0.25) is 5.91 Å². The van der Waals surface area contributed by atoms with Crippen LogP contribution in [0.1, 0.15) is 12.1 Å². The van der Waals surface area contributed by atoms with Gasteiger partial charge in [-0.15, -0.1) is 6.58 Å². The predicted octanol–water partition coefficient (Wildman–Crippen LogP) is 2.93. The van der Waals surface area contributed by atoms with Gasteiger partial charge in [0.25, 0.3) is 0 Å². The largest absolute Gasteiger partial charge is 0.296 e. The van der Waals surface area contributed by atoms with Gasteiger partial charge in [0, 0.05) is 31.5 Å². The maximum atomic E-state index is 12.3. The first kappa shape index (κ1) is 13.6. The van der Waals surface area contributed by atoms with E-state index in [2.05, 4.69) is 23.8 Å². The highest BCUT2D eigenvalue weighted by Crippen LogP contribution is 2.36. The molecule has 0 radical (unpaired) electrons. The van der Waals surface area contributed by atoms with E-state index in [1.807, 2.05) is 43.1 Å². The Morgan fingerprint density at radius 1 is 1.33 bits per heavy atom. The number of hydrogen-bond donors (Lipinski definition) is 0. The third kappa shape index (κ3) is 2.27. The second-order valence-electron chi connectivity index (χ2n) is 5.48. The lowest BCUT2D eigenvalue weighted by molar-refractivity contribution is -0.117. The van der Waals surface area contributed by atoms with Crippen LogP contribution in [-0.2, 0) is 11.8 Å². The van der Waals surface area contributed by atoms with E-state index >= 15 is 0 Å². The number of rotatable bonds is 3. The van der Waals surface area contributed by atoms with Crippen molar-refractivity contribution in [2.45, 2.75) is 13.3 Å². The lowest BCUT2D eigenvalue weighted by Gasteiger charge is -2.18. The van der Waals surface area contributed by atoms with Crippen LogP contribution in [-0.4, -0.2) is 22.2 Å². The molecule has 3 rings (SSSR count). The molecule has 1 aromatic carbocycles. The van der Waals surface area contributed by atoms with Gasteiger partial charge in [-0.05, 0) is 12.5 Å². The molecule has 2 heterocycles. The van der Waals surface area contributed by atoms with Gasteiger partial charge in [-0.25, -0.2) is 0 Å². The van der Waals surface area contributed by atoms with E-state index in [1.54, 1.807) is 4.68 Å². The highest BCUT2D eigenvalue weighted by molar-refractivity contribution is 5.99. The summed E-state index contributed by atoms with van der Waals surface area (Å²) in [5, 5.41) is 4.51. The molecule has 4 nitrogen and oxygen atoms in total. The Labute approximate surface area is 124 Å². The number of carbonyl (C=O) groups excluding carboxylic acids is 1. The van der Waals surface area contributed by atoms with Gasteiger partial charge in [-0.3, -0.25) is 14.4 Å². The molecular formula is C17H19N3O. The van der Waals surface area contributed by atoms with Crippen molar-refractivity contribution in [3.63, 3.8) is 0 Å². The summed E-state index contributed by atoms with van der Waals surface area (Å²) in [5.74, 6) is 1.24. The van der Waals surface area contributed by atoms with E-state index < -0.39 is 0 Å². The van der Waals surface area contributed by atoms with E-state index in [4.69, 9.17) is 0 Å². The number of carbonyl (C=O) groups is 1. The molecule has 0 N–H and O–H groups in total. The molecule has 0 aliphatic carbocycles. The fraction of sp³-hybridized carbons (Fsp3) is 0.294. The zero-order valence-corrected chi connectivity index (χ0v) is 12.4. The summed E-state index contributed by atoms with van der Waals surface area (Å²) in [7, 11) is 1.89. The first-order valence-electron chi connectivity index (χ1n) is 7.13. The van der Waals surface area contributed by atoms with E-state index in [-0.39, 0.29) is 11.8 Å². The Balaban J connectivity index is 2.11. The molecule has 1 aliphatic rings. The van der Waals surface area contributed by atoms with Crippen molar-refractivity contribution in [2.24, 2.45) is 13.0 Å². The minimum Gasteiger partial charge on any atom is -0.296 e. The smallest absolute Gasteiger partial charge is 0.228 e. The van der Waals surface area contributed by atoms with Crippen LogP contribution < -0.4 is 4.90 Å². The van der Waals surface area contributed by atoms with E-state index in [9.17, 15) is 4.79 Å². The van der Waals surface area contributed by atoms with Gasteiger partial charge in [0.05, 0.1) is 5.69 Å². The number of aryl methyl sites for hydroxylation is 2. The van der Waals surface area contributed by atoms with Crippen molar-refractivity contribution in [3.05, 3.63) is 48.7 Å². The Morgan fingerprint density at radius 2 is 2.05 bits per heavy atom. The Morgan fingerprint density at radius 3 is 2.67 bits per heavy atom. The van der Waals surface area contributed by atoms with Gasteiger partial charge in [0.1, 0.15) is 5.82 Å². The van der Waals surface area contributed by atoms with Gasteiger partial charge < -0.3 is 0 Å². The van der Waals surface area contributed by atoms with Crippen LogP contribution in [0.2, 0.25) is 0 Å². The molecule has 1 unspecified atom stereocenters. The molecule has 0 saturated carbocycles. The molecule has 1 fully saturated rings. The molecule has 1 amide bonds. The minimum absolute atomic E-state index is 0.139. The second kappa shape index (κ2) is 5.20. The lowest BCUT2D eigenvalue weighted by atomic mass is 10.1. The lowest BCUT2D eigenvalue weighted by Crippen LogP contribution is -2.27. The van der Waals surface area contributed by atoms with Crippen LogP contribution in [0.4, 0.5) is 5.82 Å². The summed E-state index contributed by atoms with van der Waals surface area (Å²) in [5.41, 5.74) is 3.07. The fourth-order valence-electron chi connectivity index (χ4n) is 3.00. The van der Waals surface area contributed by atoms with E-state index in [0.29, 0.717) is 13.0 Å². The maximum absolute atomic E-state index is 12.3. The SMILES string of the molecule is C=CC1CC(=O)N(c2c(-c3ccccc3)c(C)nn2C)C1. The topological polar surface area (TPSA) is 38.1 Å². The highest BCUT2D eigenvalue weighted by Gasteiger charge is 2.33.